The van der Waals surface area contributed by atoms with Gasteiger partial charge in [-0.2, -0.15) is 0 Å². The maximum absolute atomic E-state index is 5.22. The SMILES string of the molecule is CC1(C)c2cc3c(-c4ccccc4)cccc3nc2-c2cccc3cccc1c23. The molecule has 1 nitrogen and oxygen atoms in total. The summed E-state index contributed by atoms with van der Waals surface area (Å²) < 4.78 is 0. The Morgan fingerprint density at radius 1 is 0.655 bits per heavy atom. The number of hydrogen-bond donors (Lipinski definition) is 0. The second-order valence-corrected chi connectivity index (χ2v) is 8.46. The molecular formula is C28H21N. The van der Waals surface area contributed by atoms with E-state index in [1.165, 1.54) is 44.0 Å². The van der Waals surface area contributed by atoms with Crippen LogP contribution in [0, 0.1) is 0 Å². The first-order valence-electron chi connectivity index (χ1n) is 10.2. The zero-order valence-corrected chi connectivity index (χ0v) is 16.6. The fraction of sp³-hybridized carbons (Fsp3) is 0.107. The molecule has 0 spiro atoms. The summed E-state index contributed by atoms with van der Waals surface area (Å²) in [6.45, 7) is 4.66. The van der Waals surface area contributed by atoms with Gasteiger partial charge in [0.1, 0.15) is 0 Å². The Balaban J connectivity index is 1.74. The van der Waals surface area contributed by atoms with E-state index in [2.05, 4.69) is 105 Å². The summed E-state index contributed by atoms with van der Waals surface area (Å²) in [5, 5.41) is 3.86. The molecule has 1 heterocycles. The first-order chi connectivity index (χ1) is 14.1. The number of rotatable bonds is 1. The van der Waals surface area contributed by atoms with Gasteiger partial charge >= 0.3 is 0 Å². The van der Waals surface area contributed by atoms with Crippen LogP contribution < -0.4 is 0 Å². The zero-order valence-electron chi connectivity index (χ0n) is 16.6. The van der Waals surface area contributed by atoms with Gasteiger partial charge in [-0.3, -0.25) is 0 Å². The van der Waals surface area contributed by atoms with Crippen LogP contribution in [0.5, 0.6) is 0 Å². The van der Waals surface area contributed by atoms with E-state index >= 15 is 0 Å². The Hall–Kier alpha value is -3.45. The standard InChI is InChI=1S/C28H21N/c1-28(2)23-15-7-12-19-11-6-14-21(26(19)23)27-24(28)17-22-20(13-8-16-25(22)29-27)18-9-4-3-5-10-18/h3-17H,1-2H3. The fourth-order valence-electron chi connectivity index (χ4n) is 4.95. The molecule has 0 amide bonds. The van der Waals surface area contributed by atoms with Gasteiger partial charge in [-0.25, -0.2) is 4.98 Å². The van der Waals surface area contributed by atoms with Crippen molar-refractivity contribution in [2.75, 3.05) is 0 Å². The van der Waals surface area contributed by atoms with Gasteiger partial charge in [0.25, 0.3) is 0 Å². The van der Waals surface area contributed by atoms with Crippen LogP contribution >= 0.6 is 0 Å². The highest BCUT2D eigenvalue weighted by Gasteiger charge is 2.34. The third-order valence-corrected chi connectivity index (χ3v) is 6.45. The zero-order chi connectivity index (χ0) is 19.6. The number of fused-ring (bicyclic) bond motifs is 3. The largest absolute Gasteiger partial charge is 0.247 e. The lowest BCUT2D eigenvalue weighted by Gasteiger charge is -2.34. The summed E-state index contributed by atoms with van der Waals surface area (Å²) in [5.74, 6) is 0. The molecule has 1 aliphatic carbocycles. The quantitative estimate of drug-likeness (QED) is 0.300. The van der Waals surface area contributed by atoms with Crippen molar-refractivity contribution in [3.8, 4) is 22.4 Å². The number of hydrogen-bond acceptors (Lipinski definition) is 1. The van der Waals surface area contributed by atoms with E-state index in [9.17, 15) is 0 Å². The van der Waals surface area contributed by atoms with E-state index in [0.29, 0.717) is 0 Å². The molecule has 138 valence electrons. The Morgan fingerprint density at radius 2 is 1.38 bits per heavy atom. The Labute approximate surface area is 170 Å². The first-order valence-corrected chi connectivity index (χ1v) is 10.2. The van der Waals surface area contributed by atoms with E-state index < -0.39 is 0 Å². The maximum Gasteiger partial charge on any atom is 0.0756 e. The molecule has 29 heavy (non-hydrogen) atoms. The average molecular weight is 371 g/mol. The summed E-state index contributed by atoms with van der Waals surface area (Å²) in [4.78, 5) is 5.22. The molecule has 0 saturated carbocycles. The predicted molar refractivity (Wildman–Crippen MR) is 122 cm³/mol. The minimum Gasteiger partial charge on any atom is -0.247 e. The average Bonchev–Trinajstić information content (AvgIpc) is 2.77. The van der Waals surface area contributed by atoms with Crippen LogP contribution in [-0.4, -0.2) is 4.98 Å². The van der Waals surface area contributed by atoms with E-state index in [1.54, 1.807) is 0 Å². The molecule has 1 aromatic heterocycles. The lowest BCUT2D eigenvalue weighted by Crippen LogP contribution is -2.24. The van der Waals surface area contributed by atoms with Gasteiger partial charge in [-0.05, 0) is 45.2 Å². The summed E-state index contributed by atoms with van der Waals surface area (Å²) in [6.07, 6.45) is 0. The van der Waals surface area contributed by atoms with Crippen LogP contribution in [0.1, 0.15) is 25.0 Å². The molecule has 0 N–H and O–H groups in total. The van der Waals surface area contributed by atoms with Crippen molar-refractivity contribution < 1.29 is 0 Å². The molecule has 1 aliphatic rings. The van der Waals surface area contributed by atoms with Gasteiger partial charge in [0.2, 0.25) is 0 Å². The molecule has 0 radical (unpaired) electrons. The number of nitrogens with zero attached hydrogens (tertiary/aromatic N) is 1. The molecule has 0 atom stereocenters. The van der Waals surface area contributed by atoms with Gasteiger partial charge in [0.15, 0.2) is 0 Å². The summed E-state index contributed by atoms with van der Waals surface area (Å²) in [6, 6.07) is 32.7. The van der Waals surface area contributed by atoms with Gasteiger partial charge in [-0.1, -0.05) is 92.7 Å². The summed E-state index contributed by atoms with van der Waals surface area (Å²) in [5.41, 5.74) is 8.49. The van der Waals surface area contributed by atoms with Gasteiger partial charge in [-0.15, -0.1) is 0 Å². The van der Waals surface area contributed by atoms with Crippen molar-refractivity contribution in [1.29, 1.82) is 0 Å². The number of aromatic nitrogens is 1. The van der Waals surface area contributed by atoms with Gasteiger partial charge in [0.05, 0.1) is 11.2 Å². The van der Waals surface area contributed by atoms with Crippen molar-refractivity contribution in [2.45, 2.75) is 19.3 Å². The van der Waals surface area contributed by atoms with Crippen molar-refractivity contribution in [3.05, 3.63) is 102 Å². The number of benzene rings is 4. The molecule has 0 unspecified atom stereocenters. The predicted octanol–water partition coefficient (Wildman–Crippen LogP) is 7.36. The topological polar surface area (TPSA) is 12.9 Å². The second kappa shape index (κ2) is 5.78. The van der Waals surface area contributed by atoms with Crippen LogP contribution in [0.15, 0.2) is 91.0 Å². The summed E-state index contributed by atoms with van der Waals surface area (Å²) in [7, 11) is 0. The van der Waals surface area contributed by atoms with Crippen LogP contribution in [0.2, 0.25) is 0 Å². The van der Waals surface area contributed by atoms with Crippen molar-refractivity contribution in [3.63, 3.8) is 0 Å². The highest BCUT2D eigenvalue weighted by molar-refractivity contribution is 6.05. The third-order valence-electron chi connectivity index (χ3n) is 6.45. The molecule has 5 aromatic rings. The highest BCUT2D eigenvalue weighted by Crippen LogP contribution is 2.48. The molecule has 1 heteroatoms. The Bertz CT molecular complexity index is 1410. The van der Waals surface area contributed by atoms with Gasteiger partial charge in [0, 0.05) is 16.4 Å². The minimum atomic E-state index is -0.103. The minimum absolute atomic E-state index is 0.103. The summed E-state index contributed by atoms with van der Waals surface area (Å²) >= 11 is 0. The fourth-order valence-corrected chi connectivity index (χ4v) is 4.95. The second-order valence-electron chi connectivity index (χ2n) is 8.46. The van der Waals surface area contributed by atoms with Crippen molar-refractivity contribution in [1.82, 2.24) is 4.98 Å². The lowest BCUT2D eigenvalue weighted by atomic mass is 9.69. The molecule has 0 aliphatic heterocycles. The normalized spacial score (nSPS) is 14.1. The van der Waals surface area contributed by atoms with Crippen molar-refractivity contribution in [2.24, 2.45) is 0 Å². The molecule has 0 bridgehead atoms. The number of pyridine rings is 1. The molecular weight excluding hydrogens is 350 g/mol. The van der Waals surface area contributed by atoms with E-state index in [1.807, 2.05) is 0 Å². The molecule has 4 aromatic carbocycles. The monoisotopic (exact) mass is 371 g/mol. The molecule has 0 fully saturated rings. The van der Waals surface area contributed by atoms with Crippen LogP contribution in [0.4, 0.5) is 0 Å². The lowest BCUT2D eigenvalue weighted by molar-refractivity contribution is 0.643. The van der Waals surface area contributed by atoms with Crippen molar-refractivity contribution >= 4 is 21.7 Å². The van der Waals surface area contributed by atoms with E-state index in [-0.39, 0.29) is 5.41 Å². The highest BCUT2D eigenvalue weighted by atomic mass is 14.7. The molecule has 0 saturated heterocycles. The van der Waals surface area contributed by atoms with Crippen LogP contribution in [-0.2, 0) is 5.41 Å². The van der Waals surface area contributed by atoms with Crippen LogP contribution in [0.3, 0.4) is 0 Å². The first kappa shape index (κ1) is 16.5. The Morgan fingerprint density at radius 3 is 2.21 bits per heavy atom. The van der Waals surface area contributed by atoms with Crippen LogP contribution in [0.25, 0.3) is 44.1 Å². The van der Waals surface area contributed by atoms with Gasteiger partial charge < -0.3 is 0 Å². The third kappa shape index (κ3) is 2.25. The smallest absolute Gasteiger partial charge is 0.0756 e. The molecule has 6 rings (SSSR count). The maximum atomic E-state index is 5.22. The Kier molecular flexibility index (Phi) is 3.29. The van der Waals surface area contributed by atoms with E-state index in [0.717, 1.165) is 11.2 Å². The van der Waals surface area contributed by atoms with E-state index in [4.69, 9.17) is 4.98 Å².